The summed E-state index contributed by atoms with van der Waals surface area (Å²) in [6.07, 6.45) is 1.18. The smallest absolute Gasteiger partial charge is 0.322 e. The van der Waals surface area contributed by atoms with E-state index in [4.69, 9.17) is 0 Å². The lowest BCUT2D eigenvalue weighted by Gasteiger charge is -2.32. The van der Waals surface area contributed by atoms with Gasteiger partial charge in [0.1, 0.15) is 0 Å². The van der Waals surface area contributed by atoms with Crippen molar-refractivity contribution in [3.8, 4) is 0 Å². The van der Waals surface area contributed by atoms with E-state index in [2.05, 4.69) is 10.3 Å². The van der Waals surface area contributed by atoms with E-state index in [9.17, 15) is 13.2 Å². The van der Waals surface area contributed by atoms with Crippen LogP contribution in [-0.2, 0) is 10.0 Å². The number of piperazine rings is 1. The van der Waals surface area contributed by atoms with Gasteiger partial charge in [0, 0.05) is 26.2 Å². The van der Waals surface area contributed by atoms with Crippen LogP contribution in [0.3, 0.4) is 0 Å². The molecule has 3 rings (SSSR count). The van der Waals surface area contributed by atoms with E-state index in [-0.39, 0.29) is 6.03 Å². The molecule has 0 bridgehead atoms. The number of nitrogens with one attached hydrogen (secondary N) is 1. The zero-order chi connectivity index (χ0) is 15.7. The van der Waals surface area contributed by atoms with Gasteiger partial charge in [-0.2, -0.15) is 4.31 Å². The van der Waals surface area contributed by atoms with Gasteiger partial charge in [0.25, 0.3) is 0 Å². The molecule has 1 aromatic carbocycles. The van der Waals surface area contributed by atoms with Gasteiger partial charge >= 0.3 is 6.03 Å². The predicted octanol–water partition coefficient (Wildman–Crippen LogP) is 1.41. The normalized spacial score (nSPS) is 16.9. The summed E-state index contributed by atoms with van der Waals surface area (Å²) in [5.41, 5.74) is 0.852. The topological polar surface area (TPSA) is 82.6 Å². The number of para-hydroxylation sites is 1. The Morgan fingerprint density at radius 3 is 2.55 bits per heavy atom. The molecule has 9 heteroatoms. The average Bonchev–Trinajstić information content (AvgIpc) is 2.88. The second-order valence-corrected chi connectivity index (χ2v) is 8.08. The first-order valence-corrected chi connectivity index (χ1v) is 9.46. The van der Waals surface area contributed by atoms with E-state index in [1.807, 2.05) is 24.3 Å². The van der Waals surface area contributed by atoms with Crippen molar-refractivity contribution in [3.05, 3.63) is 24.3 Å². The summed E-state index contributed by atoms with van der Waals surface area (Å²) < 4.78 is 25.3. The summed E-state index contributed by atoms with van der Waals surface area (Å²) in [5.74, 6) is 0. The van der Waals surface area contributed by atoms with Crippen LogP contribution in [0.15, 0.2) is 24.3 Å². The van der Waals surface area contributed by atoms with Crippen LogP contribution in [-0.4, -0.2) is 61.1 Å². The number of urea groups is 1. The minimum Gasteiger partial charge on any atom is -0.322 e. The lowest BCUT2D eigenvalue weighted by Crippen LogP contribution is -2.51. The number of hydrogen-bond donors (Lipinski definition) is 1. The van der Waals surface area contributed by atoms with Gasteiger partial charge in [0.15, 0.2) is 5.13 Å². The predicted molar refractivity (Wildman–Crippen MR) is 86.6 cm³/mol. The number of hydrogen-bond acceptors (Lipinski definition) is 5. The molecule has 0 spiro atoms. The highest BCUT2D eigenvalue weighted by molar-refractivity contribution is 7.88. The minimum absolute atomic E-state index is 0.243. The third-order valence-corrected chi connectivity index (χ3v) is 5.76. The number of thiazole rings is 1. The maximum Gasteiger partial charge on any atom is 0.323 e. The standard InChI is InChI=1S/C13H16N4O3S2/c1-22(19,20)17-8-6-16(7-9-17)13(18)15-12-14-10-4-2-3-5-11(10)21-12/h2-5H,6-9H2,1H3,(H,14,15,18). The molecule has 1 fully saturated rings. The summed E-state index contributed by atoms with van der Waals surface area (Å²) in [6.45, 7) is 1.41. The van der Waals surface area contributed by atoms with Crippen LogP contribution in [0.25, 0.3) is 10.2 Å². The highest BCUT2D eigenvalue weighted by atomic mass is 32.2. The minimum atomic E-state index is -3.19. The molecule has 0 unspecified atom stereocenters. The van der Waals surface area contributed by atoms with Crippen LogP contribution in [0, 0.1) is 0 Å². The van der Waals surface area contributed by atoms with E-state index in [1.165, 1.54) is 21.9 Å². The number of amides is 2. The highest BCUT2D eigenvalue weighted by Gasteiger charge is 2.26. The molecular formula is C13H16N4O3S2. The SMILES string of the molecule is CS(=O)(=O)N1CCN(C(=O)Nc2nc3ccccc3s2)CC1. The number of nitrogens with zero attached hydrogens (tertiary/aromatic N) is 3. The molecule has 2 heterocycles. The van der Waals surface area contributed by atoms with E-state index in [0.29, 0.717) is 31.3 Å². The molecule has 0 saturated carbocycles. The van der Waals surface area contributed by atoms with Crippen molar-refractivity contribution in [1.29, 1.82) is 0 Å². The summed E-state index contributed by atoms with van der Waals surface area (Å²) in [6, 6.07) is 7.43. The lowest BCUT2D eigenvalue weighted by atomic mass is 10.3. The van der Waals surface area contributed by atoms with Crippen molar-refractivity contribution in [2.24, 2.45) is 0 Å². The highest BCUT2D eigenvalue weighted by Crippen LogP contribution is 2.25. The van der Waals surface area contributed by atoms with E-state index >= 15 is 0 Å². The number of carbonyl (C=O) groups is 1. The van der Waals surface area contributed by atoms with Crippen LogP contribution in [0.2, 0.25) is 0 Å². The Balaban J connectivity index is 1.63. The third kappa shape index (κ3) is 3.21. The van der Waals surface area contributed by atoms with Crippen LogP contribution in [0.5, 0.6) is 0 Å². The molecule has 118 valence electrons. The van der Waals surface area contributed by atoms with Crippen molar-refractivity contribution in [3.63, 3.8) is 0 Å². The Morgan fingerprint density at radius 1 is 1.23 bits per heavy atom. The average molecular weight is 340 g/mol. The summed E-state index contributed by atoms with van der Waals surface area (Å²) in [4.78, 5) is 18.2. The van der Waals surface area contributed by atoms with Crippen LogP contribution < -0.4 is 5.32 Å². The summed E-state index contributed by atoms with van der Waals surface area (Å²) >= 11 is 1.42. The lowest BCUT2D eigenvalue weighted by molar-refractivity contribution is 0.184. The third-order valence-electron chi connectivity index (χ3n) is 3.50. The molecule has 1 N–H and O–H groups in total. The number of fused-ring (bicyclic) bond motifs is 1. The van der Waals surface area contributed by atoms with Crippen molar-refractivity contribution >= 4 is 42.7 Å². The fourth-order valence-corrected chi connectivity index (χ4v) is 4.00. The van der Waals surface area contributed by atoms with Crippen molar-refractivity contribution in [1.82, 2.24) is 14.2 Å². The molecule has 2 aromatic rings. The molecule has 7 nitrogen and oxygen atoms in total. The fraction of sp³-hybridized carbons (Fsp3) is 0.385. The van der Waals surface area contributed by atoms with E-state index < -0.39 is 10.0 Å². The molecule has 0 atom stereocenters. The van der Waals surface area contributed by atoms with Gasteiger partial charge in [-0.3, -0.25) is 5.32 Å². The number of anilines is 1. The Bertz CT molecular complexity index is 761. The van der Waals surface area contributed by atoms with E-state index in [0.717, 1.165) is 10.2 Å². The Kier molecular flexibility index (Phi) is 4.02. The Morgan fingerprint density at radius 2 is 1.91 bits per heavy atom. The van der Waals surface area contributed by atoms with Crippen LogP contribution in [0.1, 0.15) is 0 Å². The van der Waals surface area contributed by atoms with Crippen LogP contribution in [0.4, 0.5) is 9.93 Å². The first-order valence-electron chi connectivity index (χ1n) is 6.80. The molecular weight excluding hydrogens is 324 g/mol. The van der Waals surface area contributed by atoms with Crippen LogP contribution >= 0.6 is 11.3 Å². The van der Waals surface area contributed by atoms with Crippen molar-refractivity contribution < 1.29 is 13.2 Å². The summed E-state index contributed by atoms with van der Waals surface area (Å²) in [7, 11) is -3.19. The fourth-order valence-electron chi connectivity index (χ4n) is 2.32. The Labute approximate surface area is 132 Å². The van der Waals surface area contributed by atoms with Gasteiger partial charge in [-0.15, -0.1) is 0 Å². The van der Waals surface area contributed by atoms with Gasteiger partial charge in [-0.25, -0.2) is 18.2 Å². The van der Waals surface area contributed by atoms with Crippen molar-refractivity contribution in [2.45, 2.75) is 0 Å². The molecule has 1 saturated heterocycles. The second-order valence-electron chi connectivity index (χ2n) is 5.07. The van der Waals surface area contributed by atoms with E-state index in [1.54, 1.807) is 4.90 Å². The van der Waals surface area contributed by atoms with Gasteiger partial charge in [0.05, 0.1) is 16.5 Å². The molecule has 1 aliphatic heterocycles. The van der Waals surface area contributed by atoms with Gasteiger partial charge < -0.3 is 4.90 Å². The zero-order valence-corrected chi connectivity index (χ0v) is 13.7. The van der Waals surface area contributed by atoms with Crippen molar-refractivity contribution in [2.75, 3.05) is 37.8 Å². The van der Waals surface area contributed by atoms with Gasteiger partial charge in [-0.1, -0.05) is 23.5 Å². The zero-order valence-electron chi connectivity index (χ0n) is 12.0. The summed E-state index contributed by atoms with van der Waals surface area (Å²) in [5, 5.41) is 3.33. The molecule has 0 radical (unpaired) electrons. The number of carbonyl (C=O) groups excluding carboxylic acids is 1. The second kappa shape index (κ2) is 5.82. The first kappa shape index (κ1) is 15.2. The Hall–Kier alpha value is -1.71. The number of benzene rings is 1. The largest absolute Gasteiger partial charge is 0.323 e. The number of aromatic nitrogens is 1. The maximum absolute atomic E-state index is 12.2. The molecule has 1 aliphatic rings. The molecule has 22 heavy (non-hydrogen) atoms. The molecule has 1 aromatic heterocycles. The molecule has 0 aliphatic carbocycles. The quantitative estimate of drug-likeness (QED) is 0.896. The maximum atomic E-state index is 12.2. The number of rotatable bonds is 2. The van der Waals surface area contributed by atoms with Gasteiger partial charge in [0.2, 0.25) is 10.0 Å². The molecule has 2 amide bonds. The monoisotopic (exact) mass is 340 g/mol. The first-order chi connectivity index (χ1) is 10.4. The van der Waals surface area contributed by atoms with Gasteiger partial charge in [-0.05, 0) is 12.1 Å². The number of sulfonamides is 1.